The SMILES string of the molecule is Cc1c(C(=O)OC(C)C)sc2ncn(Cc3c(F)cccc3Cl)c(=O)c12. The molecule has 0 radical (unpaired) electrons. The van der Waals surface area contributed by atoms with Crippen molar-refractivity contribution in [2.45, 2.75) is 33.4 Å². The van der Waals surface area contributed by atoms with Gasteiger partial charge in [0.2, 0.25) is 0 Å². The summed E-state index contributed by atoms with van der Waals surface area (Å²) in [5.74, 6) is -0.976. The van der Waals surface area contributed by atoms with Crippen LogP contribution in [0.5, 0.6) is 0 Å². The summed E-state index contributed by atoms with van der Waals surface area (Å²) in [6.45, 7) is 5.14. The molecule has 3 rings (SSSR count). The molecule has 0 atom stereocenters. The molecule has 2 aromatic heterocycles. The third-order valence-electron chi connectivity index (χ3n) is 3.84. The van der Waals surface area contributed by atoms with Gasteiger partial charge >= 0.3 is 5.97 Å². The molecule has 26 heavy (non-hydrogen) atoms. The first kappa shape index (κ1) is 18.5. The van der Waals surface area contributed by atoms with Gasteiger partial charge in [-0.1, -0.05) is 17.7 Å². The second-order valence-corrected chi connectivity index (χ2v) is 7.47. The highest BCUT2D eigenvalue weighted by molar-refractivity contribution is 7.20. The molecule has 0 amide bonds. The molecule has 0 N–H and O–H groups in total. The van der Waals surface area contributed by atoms with Crippen LogP contribution in [0.3, 0.4) is 0 Å². The first-order valence-corrected chi connectivity index (χ1v) is 9.11. The molecule has 0 aliphatic carbocycles. The first-order chi connectivity index (χ1) is 12.3. The Kier molecular flexibility index (Phi) is 5.11. The Balaban J connectivity index is 2.08. The topological polar surface area (TPSA) is 61.2 Å². The van der Waals surface area contributed by atoms with Crippen molar-refractivity contribution >= 4 is 39.1 Å². The number of halogens is 2. The minimum atomic E-state index is -0.493. The molecule has 5 nitrogen and oxygen atoms in total. The minimum Gasteiger partial charge on any atom is -0.459 e. The third kappa shape index (κ3) is 3.37. The lowest BCUT2D eigenvalue weighted by atomic mass is 10.2. The Hall–Kier alpha value is -2.25. The molecular formula is C18H16ClFN2O3S. The van der Waals surface area contributed by atoms with Crippen LogP contribution in [0.4, 0.5) is 4.39 Å². The number of rotatable bonds is 4. The number of hydrogen-bond acceptors (Lipinski definition) is 5. The molecule has 0 fully saturated rings. The van der Waals surface area contributed by atoms with Gasteiger partial charge in [0.25, 0.3) is 5.56 Å². The predicted molar refractivity (Wildman–Crippen MR) is 99.7 cm³/mol. The number of ether oxygens (including phenoxy) is 1. The van der Waals surface area contributed by atoms with Crippen molar-refractivity contribution in [2.24, 2.45) is 0 Å². The Morgan fingerprint density at radius 3 is 2.81 bits per heavy atom. The summed E-state index contributed by atoms with van der Waals surface area (Å²) in [5, 5.41) is 0.570. The van der Waals surface area contributed by atoms with Crippen LogP contribution in [-0.4, -0.2) is 21.6 Å². The van der Waals surface area contributed by atoms with Crippen molar-refractivity contribution < 1.29 is 13.9 Å². The average Bonchev–Trinajstić information content (AvgIpc) is 2.90. The van der Waals surface area contributed by atoms with Crippen LogP contribution < -0.4 is 5.56 Å². The quantitative estimate of drug-likeness (QED) is 0.623. The van der Waals surface area contributed by atoms with Crippen molar-refractivity contribution in [1.82, 2.24) is 9.55 Å². The molecule has 0 aliphatic heterocycles. The summed E-state index contributed by atoms with van der Waals surface area (Å²) in [6.07, 6.45) is 1.07. The van der Waals surface area contributed by atoms with Gasteiger partial charge in [-0.15, -0.1) is 11.3 Å². The standard InChI is InChI=1S/C18H16ClFN2O3S/c1-9(2)25-18(24)15-10(3)14-16(26-15)21-8-22(17(14)23)7-11-12(19)5-4-6-13(11)20/h4-6,8-9H,7H2,1-3H3. The fourth-order valence-electron chi connectivity index (χ4n) is 2.59. The monoisotopic (exact) mass is 394 g/mol. The van der Waals surface area contributed by atoms with E-state index in [0.717, 1.165) is 11.3 Å². The molecule has 3 aromatic rings. The summed E-state index contributed by atoms with van der Waals surface area (Å²) in [7, 11) is 0. The van der Waals surface area contributed by atoms with Gasteiger partial charge in [-0.3, -0.25) is 9.36 Å². The van der Waals surface area contributed by atoms with Gasteiger partial charge in [0.15, 0.2) is 0 Å². The van der Waals surface area contributed by atoms with E-state index in [4.69, 9.17) is 16.3 Å². The third-order valence-corrected chi connectivity index (χ3v) is 5.37. The van der Waals surface area contributed by atoms with Crippen molar-refractivity contribution in [1.29, 1.82) is 0 Å². The molecule has 0 saturated carbocycles. The maximum Gasteiger partial charge on any atom is 0.348 e. The second kappa shape index (κ2) is 7.17. The van der Waals surface area contributed by atoms with E-state index < -0.39 is 11.8 Å². The maximum atomic E-state index is 14.0. The van der Waals surface area contributed by atoms with E-state index >= 15 is 0 Å². The molecule has 8 heteroatoms. The van der Waals surface area contributed by atoms with Crippen LogP contribution >= 0.6 is 22.9 Å². The maximum absolute atomic E-state index is 14.0. The van der Waals surface area contributed by atoms with E-state index in [1.54, 1.807) is 26.8 Å². The first-order valence-electron chi connectivity index (χ1n) is 7.92. The number of carbonyl (C=O) groups excluding carboxylic acids is 1. The number of fused-ring (bicyclic) bond motifs is 1. The fourth-order valence-corrected chi connectivity index (χ4v) is 3.83. The minimum absolute atomic E-state index is 0.0473. The van der Waals surface area contributed by atoms with Crippen molar-refractivity contribution in [3.05, 3.63) is 61.7 Å². The molecule has 0 saturated heterocycles. The Labute approximate surface area is 158 Å². The van der Waals surface area contributed by atoms with Gasteiger partial charge in [0.1, 0.15) is 15.5 Å². The van der Waals surface area contributed by atoms with E-state index in [9.17, 15) is 14.0 Å². The van der Waals surface area contributed by atoms with Gasteiger partial charge in [-0.05, 0) is 38.5 Å². The van der Waals surface area contributed by atoms with Crippen LogP contribution in [0.1, 0.15) is 34.6 Å². The number of aryl methyl sites for hydroxylation is 1. The van der Waals surface area contributed by atoms with Crippen molar-refractivity contribution in [2.75, 3.05) is 0 Å². The molecule has 0 spiro atoms. The zero-order valence-corrected chi connectivity index (χ0v) is 15.9. The average molecular weight is 395 g/mol. The normalized spacial score (nSPS) is 11.3. The lowest BCUT2D eigenvalue weighted by Gasteiger charge is -2.08. The molecule has 2 heterocycles. The number of benzene rings is 1. The lowest BCUT2D eigenvalue weighted by molar-refractivity contribution is 0.0383. The van der Waals surface area contributed by atoms with Gasteiger partial charge in [-0.2, -0.15) is 0 Å². The highest BCUT2D eigenvalue weighted by Gasteiger charge is 2.21. The fraction of sp³-hybridized carbons (Fsp3) is 0.278. The Morgan fingerprint density at radius 1 is 1.42 bits per heavy atom. The smallest absolute Gasteiger partial charge is 0.348 e. The summed E-state index contributed by atoms with van der Waals surface area (Å²) in [4.78, 5) is 30.1. The zero-order valence-electron chi connectivity index (χ0n) is 14.4. The van der Waals surface area contributed by atoms with Crippen molar-refractivity contribution in [3.8, 4) is 0 Å². The largest absolute Gasteiger partial charge is 0.459 e. The van der Waals surface area contributed by atoms with Crippen LogP contribution in [0, 0.1) is 12.7 Å². The van der Waals surface area contributed by atoms with Crippen LogP contribution in [0.2, 0.25) is 5.02 Å². The number of carbonyl (C=O) groups is 1. The van der Waals surface area contributed by atoms with Crippen LogP contribution in [0.25, 0.3) is 10.2 Å². The molecule has 0 bridgehead atoms. The van der Waals surface area contributed by atoms with Crippen LogP contribution in [-0.2, 0) is 11.3 Å². The number of hydrogen-bond donors (Lipinski definition) is 0. The molecule has 136 valence electrons. The number of nitrogens with zero attached hydrogens (tertiary/aromatic N) is 2. The van der Waals surface area contributed by atoms with Crippen molar-refractivity contribution in [3.63, 3.8) is 0 Å². The molecular weight excluding hydrogens is 379 g/mol. The van der Waals surface area contributed by atoms with E-state index in [2.05, 4.69) is 4.98 Å². The molecule has 0 aliphatic rings. The highest BCUT2D eigenvalue weighted by atomic mass is 35.5. The summed E-state index contributed by atoms with van der Waals surface area (Å²) in [5.41, 5.74) is 0.374. The predicted octanol–water partition coefficient (Wildman–Crippen LogP) is 4.17. The van der Waals surface area contributed by atoms with E-state index in [0.29, 0.717) is 20.7 Å². The lowest BCUT2D eigenvalue weighted by Crippen LogP contribution is -2.22. The van der Waals surface area contributed by atoms with Gasteiger partial charge in [0, 0.05) is 10.6 Å². The number of esters is 1. The highest BCUT2D eigenvalue weighted by Crippen LogP contribution is 2.28. The number of thiophene rings is 1. The van der Waals surface area contributed by atoms with E-state index in [-0.39, 0.29) is 28.8 Å². The summed E-state index contributed by atoms with van der Waals surface area (Å²) < 4.78 is 20.5. The van der Waals surface area contributed by atoms with E-state index in [1.165, 1.54) is 23.0 Å². The van der Waals surface area contributed by atoms with E-state index in [1.807, 2.05) is 0 Å². The zero-order chi connectivity index (χ0) is 19.0. The number of aromatic nitrogens is 2. The van der Waals surface area contributed by atoms with Gasteiger partial charge < -0.3 is 4.74 Å². The Bertz CT molecular complexity index is 1040. The second-order valence-electron chi connectivity index (χ2n) is 6.07. The summed E-state index contributed by atoms with van der Waals surface area (Å²) >= 11 is 7.15. The van der Waals surface area contributed by atoms with Gasteiger partial charge in [0.05, 0.1) is 24.4 Å². The molecule has 0 unspecified atom stereocenters. The molecule has 1 aromatic carbocycles. The Morgan fingerprint density at radius 2 is 2.15 bits per heavy atom. The van der Waals surface area contributed by atoms with Gasteiger partial charge in [-0.25, -0.2) is 14.2 Å². The van der Waals surface area contributed by atoms with Crippen LogP contribution in [0.15, 0.2) is 29.3 Å². The summed E-state index contributed by atoms with van der Waals surface area (Å²) in [6, 6.07) is 4.35.